The number of hydrogen-bond donors (Lipinski definition) is 2. The maximum absolute atomic E-state index is 11.5. The number of aromatic amines is 1. The van der Waals surface area contributed by atoms with Crippen LogP contribution in [0.25, 0.3) is 0 Å². The number of thioether (sulfide) groups is 1. The van der Waals surface area contributed by atoms with Crippen LogP contribution in [-0.2, 0) is 12.3 Å². The van der Waals surface area contributed by atoms with Crippen LogP contribution >= 0.6 is 11.8 Å². The maximum Gasteiger partial charge on any atom is 0.371 e. The van der Waals surface area contributed by atoms with Gasteiger partial charge in [-0.3, -0.25) is 4.57 Å². The fourth-order valence-electron chi connectivity index (χ4n) is 1.54. The first-order chi connectivity index (χ1) is 9.11. The second-order valence-electron chi connectivity index (χ2n) is 3.82. The minimum absolute atomic E-state index is 0.0939. The van der Waals surface area contributed by atoms with Gasteiger partial charge < -0.3 is 9.52 Å². The Labute approximate surface area is 112 Å². The van der Waals surface area contributed by atoms with Crippen LogP contribution in [0, 0.1) is 0 Å². The average molecular weight is 283 g/mol. The van der Waals surface area contributed by atoms with Crippen LogP contribution in [0.5, 0.6) is 0 Å². The van der Waals surface area contributed by atoms with Crippen LogP contribution in [0.15, 0.2) is 26.5 Å². The van der Waals surface area contributed by atoms with E-state index in [1.807, 2.05) is 6.92 Å². The molecule has 0 fully saturated rings. The van der Waals surface area contributed by atoms with Gasteiger partial charge in [0.05, 0.1) is 5.75 Å². The van der Waals surface area contributed by atoms with Crippen LogP contribution in [-0.4, -0.2) is 25.8 Å². The lowest BCUT2D eigenvalue weighted by atomic mass is 10.4. The molecule has 19 heavy (non-hydrogen) atoms. The first kappa shape index (κ1) is 13.5. The van der Waals surface area contributed by atoms with Gasteiger partial charge in [-0.05, 0) is 18.6 Å². The van der Waals surface area contributed by atoms with Gasteiger partial charge >= 0.3 is 11.7 Å². The number of nitrogens with one attached hydrogen (secondary N) is 1. The Morgan fingerprint density at radius 2 is 2.37 bits per heavy atom. The zero-order valence-electron chi connectivity index (χ0n) is 10.3. The first-order valence-electron chi connectivity index (χ1n) is 5.71. The normalized spacial score (nSPS) is 10.8. The molecule has 7 nitrogen and oxygen atoms in total. The van der Waals surface area contributed by atoms with E-state index in [0.717, 1.165) is 6.42 Å². The number of carboxylic acid groups (broad SMARTS) is 1. The molecule has 0 amide bonds. The van der Waals surface area contributed by atoms with Gasteiger partial charge in [0.1, 0.15) is 5.76 Å². The number of rotatable bonds is 6. The number of aromatic nitrogens is 3. The fraction of sp³-hybridized carbons (Fsp3) is 0.364. The van der Waals surface area contributed by atoms with Crippen molar-refractivity contribution in [3.05, 3.63) is 34.1 Å². The number of carbonyl (C=O) groups is 1. The van der Waals surface area contributed by atoms with Crippen molar-refractivity contribution in [3.63, 3.8) is 0 Å². The molecular formula is C11H13N3O4S. The molecule has 2 aromatic rings. The Morgan fingerprint density at radius 1 is 1.58 bits per heavy atom. The first-order valence-corrected chi connectivity index (χ1v) is 6.70. The average Bonchev–Trinajstić information content (AvgIpc) is 2.96. The summed E-state index contributed by atoms with van der Waals surface area (Å²) in [6.45, 7) is 2.57. The molecule has 2 N–H and O–H groups in total. The quantitative estimate of drug-likeness (QED) is 0.780. The molecule has 0 saturated heterocycles. The van der Waals surface area contributed by atoms with Gasteiger partial charge in [-0.1, -0.05) is 18.7 Å². The Kier molecular flexibility index (Phi) is 4.10. The molecule has 0 unspecified atom stereocenters. The maximum atomic E-state index is 11.5. The molecule has 0 radical (unpaired) electrons. The highest BCUT2D eigenvalue weighted by molar-refractivity contribution is 7.98. The summed E-state index contributed by atoms with van der Waals surface area (Å²) >= 11 is 1.32. The highest BCUT2D eigenvalue weighted by Crippen LogP contribution is 2.21. The molecular weight excluding hydrogens is 270 g/mol. The molecule has 2 rings (SSSR count). The number of nitrogens with zero attached hydrogens (tertiary/aromatic N) is 2. The molecule has 8 heteroatoms. The van der Waals surface area contributed by atoms with Gasteiger partial charge in [0.15, 0.2) is 5.16 Å². The highest BCUT2D eigenvalue weighted by Gasteiger charge is 2.12. The second kappa shape index (κ2) is 5.79. The summed E-state index contributed by atoms with van der Waals surface area (Å²) in [6, 6.07) is 3.01. The minimum Gasteiger partial charge on any atom is -0.475 e. The predicted molar refractivity (Wildman–Crippen MR) is 68.4 cm³/mol. The van der Waals surface area contributed by atoms with Crippen molar-refractivity contribution in [1.29, 1.82) is 0 Å². The third-order valence-electron chi connectivity index (χ3n) is 2.39. The van der Waals surface area contributed by atoms with Gasteiger partial charge in [0.25, 0.3) is 0 Å². The van der Waals surface area contributed by atoms with Crippen molar-refractivity contribution >= 4 is 17.7 Å². The van der Waals surface area contributed by atoms with Crippen LogP contribution in [0.2, 0.25) is 0 Å². The predicted octanol–water partition coefficient (Wildman–Crippen LogP) is 1.56. The van der Waals surface area contributed by atoms with Crippen LogP contribution in [0.4, 0.5) is 0 Å². The number of furan rings is 1. The molecule has 0 aromatic carbocycles. The van der Waals surface area contributed by atoms with Gasteiger partial charge in [-0.2, -0.15) is 0 Å². The van der Waals surface area contributed by atoms with Crippen LogP contribution in [0.3, 0.4) is 0 Å². The summed E-state index contributed by atoms with van der Waals surface area (Å²) in [5.41, 5.74) is -0.241. The molecule has 0 aliphatic carbocycles. The van der Waals surface area contributed by atoms with Crippen molar-refractivity contribution < 1.29 is 14.3 Å². The number of hydrogen-bond acceptors (Lipinski definition) is 5. The molecule has 0 aliphatic rings. The molecule has 0 bridgehead atoms. The summed E-state index contributed by atoms with van der Waals surface area (Å²) in [5.74, 6) is -0.246. The molecule has 2 heterocycles. The Bertz CT molecular complexity index is 628. The Balaban J connectivity index is 2.05. The van der Waals surface area contributed by atoms with Crippen LogP contribution < -0.4 is 5.69 Å². The van der Waals surface area contributed by atoms with Crippen molar-refractivity contribution in [2.45, 2.75) is 30.8 Å². The number of H-pyrrole nitrogens is 1. The molecule has 0 aliphatic heterocycles. The molecule has 102 valence electrons. The van der Waals surface area contributed by atoms with Crippen molar-refractivity contribution in [2.24, 2.45) is 0 Å². The number of carboxylic acids is 1. The van der Waals surface area contributed by atoms with E-state index in [1.54, 1.807) is 10.6 Å². The van der Waals surface area contributed by atoms with Gasteiger partial charge in [0, 0.05) is 6.54 Å². The minimum atomic E-state index is -1.10. The van der Waals surface area contributed by atoms with E-state index in [2.05, 4.69) is 10.2 Å². The van der Waals surface area contributed by atoms with E-state index in [1.165, 1.54) is 17.8 Å². The molecule has 2 aromatic heterocycles. The number of aromatic carboxylic acids is 1. The van der Waals surface area contributed by atoms with E-state index in [9.17, 15) is 9.59 Å². The molecule has 0 saturated carbocycles. The standard InChI is InChI=1S/C11H13N3O4S/c1-2-5-14-10(17)12-13-11(14)19-6-7-3-4-8(18-7)9(15)16/h3-4H,2,5-6H2,1H3,(H,12,17)(H,15,16). The SMILES string of the molecule is CCCn1c(SCc2ccc(C(=O)O)o2)n[nH]c1=O. The largest absolute Gasteiger partial charge is 0.475 e. The summed E-state index contributed by atoms with van der Waals surface area (Å²) in [7, 11) is 0. The van der Waals surface area contributed by atoms with Crippen molar-refractivity contribution in [3.8, 4) is 0 Å². The topological polar surface area (TPSA) is 101 Å². The Morgan fingerprint density at radius 3 is 3.00 bits per heavy atom. The summed E-state index contributed by atoms with van der Waals surface area (Å²) in [4.78, 5) is 22.1. The van der Waals surface area contributed by atoms with E-state index < -0.39 is 5.97 Å². The lowest BCUT2D eigenvalue weighted by Crippen LogP contribution is -2.17. The van der Waals surface area contributed by atoms with Gasteiger partial charge in [-0.15, -0.1) is 5.10 Å². The van der Waals surface area contributed by atoms with Crippen molar-refractivity contribution in [2.75, 3.05) is 0 Å². The van der Waals surface area contributed by atoms with E-state index in [-0.39, 0.29) is 11.4 Å². The molecule has 0 atom stereocenters. The van der Waals surface area contributed by atoms with E-state index in [0.29, 0.717) is 23.2 Å². The van der Waals surface area contributed by atoms with E-state index >= 15 is 0 Å². The van der Waals surface area contributed by atoms with Gasteiger partial charge in [0.2, 0.25) is 5.76 Å². The zero-order chi connectivity index (χ0) is 13.8. The zero-order valence-corrected chi connectivity index (χ0v) is 11.1. The van der Waals surface area contributed by atoms with Crippen molar-refractivity contribution in [1.82, 2.24) is 14.8 Å². The lowest BCUT2D eigenvalue weighted by Gasteiger charge is -2.01. The third-order valence-corrected chi connectivity index (χ3v) is 3.39. The monoisotopic (exact) mass is 283 g/mol. The third kappa shape index (κ3) is 3.08. The molecule has 0 spiro atoms. The Hall–Kier alpha value is -1.96. The van der Waals surface area contributed by atoms with Crippen LogP contribution in [0.1, 0.15) is 29.7 Å². The van der Waals surface area contributed by atoms with Gasteiger partial charge in [-0.25, -0.2) is 14.7 Å². The fourth-order valence-corrected chi connectivity index (χ4v) is 2.41. The second-order valence-corrected chi connectivity index (χ2v) is 4.77. The summed E-state index contributed by atoms with van der Waals surface area (Å²) in [6.07, 6.45) is 0.830. The summed E-state index contributed by atoms with van der Waals surface area (Å²) in [5, 5.41) is 15.6. The smallest absolute Gasteiger partial charge is 0.371 e. The van der Waals surface area contributed by atoms with E-state index in [4.69, 9.17) is 9.52 Å². The highest BCUT2D eigenvalue weighted by atomic mass is 32.2. The lowest BCUT2D eigenvalue weighted by molar-refractivity contribution is 0.0661. The summed E-state index contributed by atoms with van der Waals surface area (Å²) < 4.78 is 6.68.